The number of hydrogen-bond donors (Lipinski definition) is 3. The van der Waals surface area contributed by atoms with E-state index in [0.29, 0.717) is 18.6 Å². The Morgan fingerprint density at radius 3 is 2.54 bits per heavy atom. The first-order chi connectivity index (χ1) is 11.3. The van der Waals surface area contributed by atoms with Crippen molar-refractivity contribution in [2.24, 2.45) is 5.92 Å². The SMILES string of the molecule is COCc1cccc(C(=O)NCC(=O)N[C@@H](CC(C)C)C(=O)O)c1. The first kappa shape index (κ1) is 19.6. The summed E-state index contributed by atoms with van der Waals surface area (Å²) in [6, 6.07) is 5.91. The van der Waals surface area contributed by atoms with Gasteiger partial charge in [-0.1, -0.05) is 26.0 Å². The molecular weight excluding hydrogens is 312 g/mol. The van der Waals surface area contributed by atoms with Crippen molar-refractivity contribution >= 4 is 17.8 Å². The molecule has 1 aromatic carbocycles. The van der Waals surface area contributed by atoms with E-state index in [4.69, 9.17) is 9.84 Å². The van der Waals surface area contributed by atoms with Crippen molar-refractivity contribution < 1.29 is 24.2 Å². The molecule has 0 aliphatic carbocycles. The third-order valence-corrected chi connectivity index (χ3v) is 3.25. The normalized spacial score (nSPS) is 11.8. The molecule has 1 atom stereocenters. The molecule has 0 unspecified atom stereocenters. The van der Waals surface area contributed by atoms with Crippen LogP contribution in [0.3, 0.4) is 0 Å². The van der Waals surface area contributed by atoms with Gasteiger partial charge in [-0.05, 0) is 30.0 Å². The number of nitrogens with one attached hydrogen (secondary N) is 2. The number of hydrogen-bond acceptors (Lipinski definition) is 4. The summed E-state index contributed by atoms with van der Waals surface area (Å²) >= 11 is 0. The lowest BCUT2D eigenvalue weighted by molar-refractivity contribution is -0.142. The number of carboxylic acids is 1. The Hall–Kier alpha value is -2.41. The summed E-state index contributed by atoms with van der Waals surface area (Å²) in [5.41, 5.74) is 1.26. The van der Waals surface area contributed by atoms with Gasteiger partial charge in [-0.25, -0.2) is 4.79 Å². The molecule has 0 bridgehead atoms. The fraction of sp³-hybridized carbons (Fsp3) is 0.471. The van der Waals surface area contributed by atoms with E-state index in [1.807, 2.05) is 19.9 Å². The summed E-state index contributed by atoms with van der Waals surface area (Å²) < 4.78 is 5.01. The number of rotatable bonds is 9. The predicted molar refractivity (Wildman–Crippen MR) is 88.5 cm³/mol. The quantitative estimate of drug-likeness (QED) is 0.628. The zero-order valence-electron chi connectivity index (χ0n) is 14.2. The molecule has 0 saturated carbocycles. The van der Waals surface area contributed by atoms with Crippen LogP contribution in [0.1, 0.15) is 36.2 Å². The summed E-state index contributed by atoms with van der Waals surface area (Å²) in [6.07, 6.45) is 0.327. The van der Waals surface area contributed by atoms with E-state index in [-0.39, 0.29) is 12.5 Å². The minimum atomic E-state index is -1.09. The smallest absolute Gasteiger partial charge is 0.326 e. The molecule has 0 fully saturated rings. The van der Waals surface area contributed by atoms with Gasteiger partial charge in [-0.2, -0.15) is 0 Å². The Bertz CT molecular complexity index is 586. The van der Waals surface area contributed by atoms with Gasteiger partial charge >= 0.3 is 5.97 Å². The highest BCUT2D eigenvalue weighted by Crippen LogP contribution is 2.07. The molecule has 0 heterocycles. The Morgan fingerprint density at radius 2 is 1.96 bits per heavy atom. The molecule has 1 rings (SSSR count). The van der Waals surface area contributed by atoms with Crippen LogP contribution in [0.25, 0.3) is 0 Å². The van der Waals surface area contributed by atoms with E-state index in [9.17, 15) is 14.4 Å². The minimum absolute atomic E-state index is 0.129. The maximum Gasteiger partial charge on any atom is 0.326 e. The molecule has 132 valence electrons. The summed E-state index contributed by atoms with van der Waals surface area (Å²) in [7, 11) is 1.56. The Morgan fingerprint density at radius 1 is 1.25 bits per heavy atom. The van der Waals surface area contributed by atoms with E-state index in [0.717, 1.165) is 5.56 Å². The zero-order valence-corrected chi connectivity index (χ0v) is 14.2. The molecule has 0 aliphatic heterocycles. The van der Waals surface area contributed by atoms with Crippen molar-refractivity contribution in [1.29, 1.82) is 0 Å². The Balaban J connectivity index is 2.55. The molecular formula is C17H24N2O5. The Labute approximate surface area is 141 Å². The van der Waals surface area contributed by atoms with Gasteiger partial charge < -0.3 is 20.5 Å². The zero-order chi connectivity index (χ0) is 18.1. The topological polar surface area (TPSA) is 105 Å². The number of methoxy groups -OCH3 is 1. The molecule has 2 amide bonds. The number of carbonyl (C=O) groups excluding carboxylic acids is 2. The molecule has 7 nitrogen and oxygen atoms in total. The number of carbonyl (C=O) groups is 3. The van der Waals surface area contributed by atoms with Crippen molar-refractivity contribution in [1.82, 2.24) is 10.6 Å². The second-order valence-corrected chi connectivity index (χ2v) is 5.90. The van der Waals surface area contributed by atoms with Gasteiger partial charge in [0.15, 0.2) is 0 Å². The van der Waals surface area contributed by atoms with Crippen LogP contribution >= 0.6 is 0 Å². The van der Waals surface area contributed by atoms with Crippen LogP contribution in [0.15, 0.2) is 24.3 Å². The summed E-state index contributed by atoms with van der Waals surface area (Å²) in [5, 5.41) is 14.0. The van der Waals surface area contributed by atoms with Gasteiger partial charge in [0.25, 0.3) is 5.91 Å². The van der Waals surface area contributed by atoms with Gasteiger partial charge in [0.05, 0.1) is 13.2 Å². The van der Waals surface area contributed by atoms with Crippen LogP contribution in [0.5, 0.6) is 0 Å². The van der Waals surface area contributed by atoms with Crippen LogP contribution < -0.4 is 10.6 Å². The molecule has 0 aliphatic rings. The first-order valence-corrected chi connectivity index (χ1v) is 7.71. The summed E-state index contributed by atoms with van der Waals surface area (Å²) in [4.78, 5) is 35.0. The number of ether oxygens (including phenoxy) is 1. The lowest BCUT2D eigenvalue weighted by atomic mass is 10.0. The van der Waals surface area contributed by atoms with Crippen molar-refractivity contribution in [3.05, 3.63) is 35.4 Å². The van der Waals surface area contributed by atoms with Crippen molar-refractivity contribution in [3.8, 4) is 0 Å². The lowest BCUT2D eigenvalue weighted by Crippen LogP contribution is -2.46. The van der Waals surface area contributed by atoms with Crippen LogP contribution in [-0.4, -0.2) is 42.6 Å². The third-order valence-electron chi connectivity index (χ3n) is 3.25. The molecule has 0 radical (unpaired) electrons. The fourth-order valence-corrected chi connectivity index (χ4v) is 2.17. The molecule has 0 spiro atoms. The highest BCUT2D eigenvalue weighted by molar-refractivity contribution is 5.97. The molecule has 3 N–H and O–H groups in total. The number of carboxylic acid groups (broad SMARTS) is 1. The van der Waals surface area contributed by atoms with Crippen molar-refractivity contribution in [2.45, 2.75) is 32.9 Å². The summed E-state index contributed by atoms with van der Waals surface area (Å²) in [6.45, 7) is 3.85. The average Bonchev–Trinajstić information content (AvgIpc) is 2.52. The van der Waals surface area contributed by atoms with E-state index in [2.05, 4.69) is 10.6 Å². The third kappa shape index (κ3) is 6.78. The first-order valence-electron chi connectivity index (χ1n) is 7.71. The fourth-order valence-electron chi connectivity index (χ4n) is 2.17. The molecule has 0 aromatic heterocycles. The van der Waals surface area contributed by atoms with E-state index < -0.39 is 23.8 Å². The van der Waals surface area contributed by atoms with E-state index in [1.165, 1.54) is 0 Å². The molecule has 0 saturated heterocycles. The molecule has 24 heavy (non-hydrogen) atoms. The van der Waals surface area contributed by atoms with Gasteiger partial charge in [0, 0.05) is 12.7 Å². The number of amides is 2. The minimum Gasteiger partial charge on any atom is -0.480 e. The largest absolute Gasteiger partial charge is 0.480 e. The van der Waals surface area contributed by atoms with E-state index in [1.54, 1.807) is 25.3 Å². The second kappa shape index (κ2) is 9.67. The van der Waals surface area contributed by atoms with Gasteiger partial charge in [-0.15, -0.1) is 0 Å². The summed E-state index contributed by atoms with van der Waals surface area (Å²) in [5.74, 6) is -1.90. The van der Waals surface area contributed by atoms with Crippen LogP contribution in [-0.2, 0) is 20.9 Å². The predicted octanol–water partition coefficient (Wildman–Crippen LogP) is 1.18. The van der Waals surface area contributed by atoms with Crippen LogP contribution in [0.4, 0.5) is 0 Å². The average molecular weight is 336 g/mol. The van der Waals surface area contributed by atoms with Crippen molar-refractivity contribution in [2.75, 3.05) is 13.7 Å². The maximum atomic E-state index is 12.1. The standard InChI is InChI=1S/C17H24N2O5/c1-11(2)7-14(17(22)23)19-15(20)9-18-16(21)13-6-4-5-12(8-13)10-24-3/h4-6,8,11,14H,7,9-10H2,1-3H3,(H,18,21)(H,19,20)(H,22,23)/t14-/m0/s1. The number of benzene rings is 1. The van der Waals surface area contributed by atoms with Crippen molar-refractivity contribution in [3.63, 3.8) is 0 Å². The lowest BCUT2D eigenvalue weighted by Gasteiger charge is -2.16. The van der Waals surface area contributed by atoms with E-state index >= 15 is 0 Å². The van der Waals surface area contributed by atoms with Gasteiger partial charge in [0.2, 0.25) is 5.91 Å². The van der Waals surface area contributed by atoms with Crippen LogP contribution in [0, 0.1) is 5.92 Å². The molecule has 1 aromatic rings. The Kier molecular flexibility index (Phi) is 7.91. The second-order valence-electron chi connectivity index (χ2n) is 5.90. The molecule has 7 heteroatoms. The number of aliphatic carboxylic acids is 1. The van der Waals surface area contributed by atoms with Crippen LogP contribution in [0.2, 0.25) is 0 Å². The van der Waals surface area contributed by atoms with Gasteiger partial charge in [0.1, 0.15) is 6.04 Å². The maximum absolute atomic E-state index is 12.1. The highest BCUT2D eigenvalue weighted by atomic mass is 16.5. The van der Waals surface area contributed by atoms with Gasteiger partial charge in [-0.3, -0.25) is 9.59 Å². The monoisotopic (exact) mass is 336 g/mol. The highest BCUT2D eigenvalue weighted by Gasteiger charge is 2.21.